The van der Waals surface area contributed by atoms with Gasteiger partial charge in [-0.25, -0.2) is 0 Å². The molecule has 0 aromatic rings. The van der Waals surface area contributed by atoms with Crippen LogP contribution in [0.3, 0.4) is 0 Å². The molecule has 0 aromatic carbocycles. The van der Waals surface area contributed by atoms with E-state index < -0.39 is 12.1 Å². The van der Waals surface area contributed by atoms with Crippen molar-refractivity contribution >= 4 is 11.9 Å². The highest BCUT2D eigenvalue weighted by molar-refractivity contribution is 5.83. The third-order valence-corrected chi connectivity index (χ3v) is 3.34. The quantitative estimate of drug-likeness (QED) is 0.498. The summed E-state index contributed by atoms with van der Waals surface area (Å²) in [6, 6.07) is -0.918. The molecular weight excluding hydrogens is 264 g/mol. The number of nitrogens with zero attached hydrogens (tertiary/aromatic N) is 1. The molecule has 1 saturated heterocycles. The number of ether oxygens (including phenoxy) is 3. The lowest BCUT2D eigenvalue weighted by molar-refractivity contribution is -0.156. The van der Waals surface area contributed by atoms with Crippen LogP contribution in [0, 0.1) is 0 Å². The van der Waals surface area contributed by atoms with E-state index in [1.165, 1.54) is 7.11 Å². The lowest BCUT2D eigenvalue weighted by atomic mass is 10.1. The number of carbonyl (C=O) groups excluding carboxylic acids is 2. The van der Waals surface area contributed by atoms with E-state index in [1.807, 2.05) is 4.90 Å². The van der Waals surface area contributed by atoms with Crippen molar-refractivity contribution in [2.45, 2.75) is 25.4 Å². The van der Waals surface area contributed by atoms with Crippen LogP contribution in [0.25, 0.3) is 0 Å². The molecule has 1 rings (SSSR count). The minimum absolute atomic E-state index is 0.100. The van der Waals surface area contributed by atoms with Crippen LogP contribution in [0.4, 0.5) is 0 Å². The van der Waals surface area contributed by atoms with Crippen LogP contribution in [0.2, 0.25) is 0 Å². The zero-order valence-corrected chi connectivity index (χ0v) is 12.4. The minimum Gasteiger partial charge on any atom is -0.468 e. The van der Waals surface area contributed by atoms with Gasteiger partial charge in [-0.15, -0.1) is 0 Å². The maximum absolute atomic E-state index is 12.1. The Labute approximate surface area is 119 Å². The summed E-state index contributed by atoms with van der Waals surface area (Å²) in [4.78, 5) is 25.6. The van der Waals surface area contributed by atoms with Crippen molar-refractivity contribution in [3.8, 4) is 0 Å². The lowest BCUT2D eigenvalue weighted by Crippen LogP contribution is -2.57. The highest BCUT2D eigenvalue weighted by atomic mass is 16.5. The van der Waals surface area contributed by atoms with Crippen LogP contribution in [-0.4, -0.2) is 76.0 Å². The van der Waals surface area contributed by atoms with Crippen molar-refractivity contribution in [1.29, 1.82) is 0 Å². The van der Waals surface area contributed by atoms with Crippen molar-refractivity contribution in [1.82, 2.24) is 10.2 Å². The molecule has 1 N–H and O–H groups in total. The van der Waals surface area contributed by atoms with E-state index in [2.05, 4.69) is 5.32 Å². The van der Waals surface area contributed by atoms with E-state index in [-0.39, 0.29) is 18.5 Å². The smallest absolute Gasteiger partial charge is 0.325 e. The van der Waals surface area contributed by atoms with Gasteiger partial charge < -0.3 is 19.5 Å². The van der Waals surface area contributed by atoms with Crippen molar-refractivity contribution in [3.05, 3.63) is 0 Å². The Bertz CT molecular complexity index is 324. The van der Waals surface area contributed by atoms with Gasteiger partial charge in [0.15, 0.2) is 0 Å². The number of hydrogen-bond donors (Lipinski definition) is 1. The summed E-state index contributed by atoms with van der Waals surface area (Å²) >= 11 is 0. The Morgan fingerprint density at radius 1 is 1.45 bits per heavy atom. The van der Waals surface area contributed by atoms with Gasteiger partial charge in [0, 0.05) is 26.8 Å². The highest BCUT2D eigenvalue weighted by Gasteiger charge is 2.35. The van der Waals surface area contributed by atoms with Crippen molar-refractivity contribution in [2.75, 3.05) is 47.1 Å². The van der Waals surface area contributed by atoms with Crippen molar-refractivity contribution in [2.24, 2.45) is 0 Å². The Hall–Kier alpha value is -1.18. The first-order valence-electron chi connectivity index (χ1n) is 6.79. The van der Waals surface area contributed by atoms with E-state index in [0.717, 1.165) is 6.42 Å². The van der Waals surface area contributed by atoms with Crippen LogP contribution in [-0.2, 0) is 23.8 Å². The largest absolute Gasteiger partial charge is 0.468 e. The summed E-state index contributed by atoms with van der Waals surface area (Å²) in [6.07, 6.45) is 0.762. The average Bonchev–Trinajstić information content (AvgIpc) is 2.49. The van der Waals surface area contributed by atoms with Gasteiger partial charge in [-0.3, -0.25) is 14.5 Å². The predicted octanol–water partition coefficient (Wildman–Crippen LogP) is -0.599. The van der Waals surface area contributed by atoms with Crippen LogP contribution >= 0.6 is 0 Å². The van der Waals surface area contributed by atoms with E-state index in [1.54, 1.807) is 14.0 Å². The molecule has 0 saturated carbocycles. The SMILES string of the molecule is COCCCNC(=O)C(C)N1CCOCC1C(=O)OC. The zero-order valence-electron chi connectivity index (χ0n) is 12.4. The van der Waals surface area contributed by atoms with Gasteiger partial charge >= 0.3 is 5.97 Å². The molecule has 0 spiro atoms. The normalized spacial score (nSPS) is 21.2. The number of carbonyl (C=O) groups is 2. The van der Waals surface area contributed by atoms with Gasteiger partial charge in [0.25, 0.3) is 0 Å². The molecular formula is C13H24N2O5. The minimum atomic E-state index is -0.520. The molecule has 0 bridgehead atoms. The second-order valence-electron chi connectivity index (χ2n) is 4.67. The first-order valence-corrected chi connectivity index (χ1v) is 6.79. The molecule has 7 heteroatoms. The van der Waals surface area contributed by atoms with Crippen LogP contribution < -0.4 is 5.32 Å². The zero-order chi connectivity index (χ0) is 15.0. The number of esters is 1. The van der Waals surface area contributed by atoms with Crippen LogP contribution in [0.1, 0.15) is 13.3 Å². The van der Waals surface area contributed by atoms with E-state index in [0.29, 0.717) is 26.3 Å². The molecule has 2 unspecified atom stereocenters. The molecule has 2 atom stereocenters. The summed E-state index contributed by atoms with van der Waals surface area (Å²) < 4.78 is 15.0. The molecule has 7 nitrogen and oxygen atoms in total. The van der Waals surface area contributed by atoms with Gasteiger partial charge in [0.05, 0.1) is 26.4 Å². The maximum Gasteiger partial charge on any atom is 0.325 e. The second kappa shape index (κ2) is 8.89. The highest BCUT2D eigenvalue weighted by Crippen LogP contribution is 2.12. The van der Waals surface area contributed by atoms with Gasteiger partial charge in [-0.1, -0.05) is 0 Å². The van der Waals surface area contributed by atoms with E-state index >= 15 is 0 Å². The summed E-state index contributed by atoms with van der Waals surface area (Å²) in [6.45, 7) is 4.25. The molecule has 116 valence electrons. The molecule has 1 aliphatic heterocycles. The number of methoxy groups -OCH3 is 2. The second-order valence-corrected chi connectivity index (χ2v) is 4.67. The molecule has 0 aromatic heterocycles. The van der Waals surface area contributed by atoms with E-state index in [4.69, 9.17) is 14.2 Å². The predicted molar refractivity (Wildman–Crippen MR) is 72.3 cm³/mol. The number of morpholine rings is 1. The first-order chi connectivity index (χ1) is 9.61. The summed E-state index contributed by atoms with van der Waals surface area (Å²) in [5.74, 6) is -0.472. The lowest BCUT2D eigenvalue weighted by Gasteiger charge is -2.37. The van der Waals surface area contributed by atoms with Crippen molar-refractivity contribution in [3.63, 3.8) is 0 Å². The number of rotatable bonds is 7. The Kier molecular flexibility index (Phi) is 7.50. The molecule has 1 fully saturated rings. The third kappa shape index (κ3) is 4.73. The Morgan fingerprint density at radius 2 is 2.20 bits per heavy atom. The number of amides is 1. The topological polar surface area (TPSA) is 77.1 Å². The number of nitrogens with one attached hydrogen (secondary N) is 1. The fourth-order valence-electron chi connectivity index (χ4n) is 2.15. The fraction of sp³-hybridized carbons (Fsp3) is 0.846. The molecule has 0 aliphatic carbocycles. The van der Waals surface area contributed by atoms with E-state index in [9.17, 15) is 9.59 Å². The standard InChI is InChI=1S/C13H24N2O5/c1-10(12(16)14-5-4-7-18-2)15-6-8-20-9-11(15)13(17)19-3/h10-11H,4-9H2,1-3H3,(H,14,16). The summed E-state index contributed by atoms with van der Waals surface area (Å²) in [5.41, 5.74) is 0. The molecule has 1 aliphatic rings. The number of hydrogen-bond acceptors (Lipinski definition) is 6. The molecule has 1 amide bonds. The van der Waals surface area contributed by atoms with Gasteiger partial charge in [-0.05, 0) is 13.3 Å². The molecule has 20 heavy (non-hydrogen) atoms. The van der Waals surface area contributed by atoms with Gasteiger partial charge in [0.1, 0.15) is 6.04 Å². The van der Waals surface area contributed by atoms with Crippen molar-refractivity contribution < 1.29 is 23.8 Å². The van der Waals surface area contributed by atoms with Gasteiger partial charge in [-0.2, -0.15) is 0 Å². The Morgan fingerprint density at radius 3 is 2.85 bits per heavy atom. The molecule has 0 radical (unpaired) electrons. The summed E-state index contributed by atoms with van der Waals surface area (Å²) in [5, 5.41) is 2.84. The van der Waals surface area contributed by atoms with Crippen LogP contribution in [0.15, 0.2) is 0 Å². The Balaban J connectivity index is 2.51. The monoisotopic (exact) mass is 288 g/mol. The first kappa shape index (κ1) is 16.9. The molecule has 1 heterocycles. The average molecular weight is 288 g/mol. The maximum atomic E-state index is 12.1. The van der Waals surface area contributed by atoms with Crippen LogP contribution in [0.5, 0.6) is 0 Å². The van der Waals surface area contributed by atoms with Gasteiger partial charge in [0.2, 0.25) is 5.91 Å². The summed E-state index contributed by atoms with van der Waals surface area (Å²) in [7, 11) is 2.96. The third-order valence-electron chi connectivity index (χ3n) is 3.34. The fourth-order valence-corrected chi connectivity index (χ4v) is 2.15.